The molecular weight excluding hydrogens is 226 g/mol. The monoisotopic (exact) mass is 243 g/mol. The number of para-hydroxylation sites is 2. The van der Waals surface area contributed by atoms with Crippen LogP contribution in [0.4, 0.5) is 0 Å². The number of fused-ring (bicyclic) bond motifs is 1. The smallest absolute Gasteiger partial charge is 0.269 e. The van der Waals surface area contributed by atoms with Crippen LogP contribution in [0.2, 0.25) is 0 Å². The summed E-state index contributed by atoms with van der Waals surface area (Å²) >= 11 is 0. The minimum absolute atomic E-state index is 0.0138. The van der Waals surface area contributed by atoms with Gasteiger partial charge < -0.3 is 9.88 Å². The van der Waals surface area contributed by atoms with Crippen LogP contribution in [-0.4, -0.2) is 22.1 Å². The maximum absolute atomic E-state index is 11.9. The molecular formula is C14H17N3O. The summed E-state index contributed by atoms with van der Waals surface area (Å²) in [5, 5.41) is 3.46. The van der Waals surface area contributed by atoms with Crippen molar-refractivity contribution in [3.63, 3.8) is 0 Å². The Labute approximate surface area is 106 Å². The Morgan fingerprint density at radius 2 is 2.17 bits per heavy atom. The normalized spacial score (nSPS) is 15.1. The average molecular weight is 243 g/mol. The first-order chi connectivity index (χ1) is 8.84. The summed E-state index contributed by atoms with van der Waals surface area (Å²) in [5.41, 5.74) is 1.80. The number of hydrogen-bond acceptors (Lipinski definition) is 3. The van der Waals surface area contributed by atoms with Crippen molar-refractivity contribution in [3.05, 3.63) is 40.8 Å². The molecule has 3 rings (SSSR count). The highest BCUT2D eigenvalue weighted by molar-refractivity contribution is 5.74. The van der Waals surface area contributed by atoms with E-state index in [0.717, 1.165) is 36.6 Å². The topological polar surface area (TPSA) is 46.9 Å². The molecule has 4 heteroatoms. The predicted molar refractivity (Wildman–Crippen MR) is 71.6 cm³/mol. The van der Waals surface area contributed by atoms with Crippen molar-refractivity contribution >= 4 is 11.0 Å². The molecule has 0 saturated heterocycles. The number of benzene rings is 1. The molecule has 18 heavy (non-hydrogen) atoms. The molecule has 0 radical (unpaired) electrons. The van der Waals surface area contributed by atoms with E-state index in [9.17, 15) is 4.79 Å². The molecule has 2 aromatic rings. The summed E-state index contributed by atoms with van der Waals surface area (Å²) < 4.78 is 1.82. The zero-order chi connectivity index (χ0) is 12.4. The fraction of sp³-hybridized carbons (Fsp3) is 0.429. The van der Waals surface area contributed by atoms with Gasteiger partial charge in [-0.2, -0.15) is 0 Å². The van der Waals surface area contributed by atoms with E-state index in [1.54, 1.807) is 0 Å². The van der Waals surface area contributed by atoms with E-state index in [4.69, 9.17) is 0 Å². The zero-order valence-electron chi connectivity index (χ0n) is 10.3. The van der Waals surface area contributed by atoms with Gasteiger partial charge in [-0.15, -0.1) is 0 Å². The summed E-state index contributed by atoms with van der Waals surface area (Å²) in [4.78, 5) is 16.0. The number of aryl methyl sites for hydroxylation is 1. The van der Waals surface area contributed by atoms with Crippen LogP contribution in [0.15, 0.2) is 35.3 Å². The molecule has 4 nitrogen and oxygen atoms in total. The van der Waals surface area contributed by atoms with Crippen molar-refractivity contribution in [1.29, 1.82) is 0 Å². The van der Waals surface area contributed by atoms with Gasteiger partial charge >= 0.3 is 0 Å². The Morgan fingerprint density at radius 1 is 1.33 bits per heavy atom. The molecule has 0 unspecified atom stereocenters. The van der Waals surface area contributed by atoms with Crippen LogP contribution in [0.5, 0.6) is 0 Å². The van der Waals surface area contributed by atoms with Crippen LogP contribution in [0.1, 0.15) is 19.3 Å². The SMILES string of the molecule is O=c1cnc2ccccc2n1CCCNC1CC1. The molecule has 1 aromatic heterocycles. The van der Waals surface area contributed by atoms with Gasteiger partial charge in [0.15, 0.2) is 0 Å². The van der Waals surface area contributed by atoms with E-state index >= 15 is 0 Å². The Hall–Kier alpha value is -1.68. The largest absolute Gasteiger partial charge is 0.314 e. The third-order valence-corrected chi connectivity index (χ3v) is 3.32. The van der Waals surface area contributed by atoms with Gasteiger partial charge in [-0.25, -0.2) is 4.98 Å². The Balaban J connectivity index is 1.76. The molecule has 0 aliphatic heterocycles. The standard InChI is InChI=1S/C14H17N3O/c18-14-10-16-12-4-1-2-5-13(12)17(14)9-3-8-15-11-6-7-11/h1-2,4-5,10-11,15H,3,6-9H2. The van der Waals surface area contributed by atoms with Gasteiger partial charge in [-0.1, -0.05) is 12.1 Å². The molecule has 1 aliphatic carbocycles. The molecule has 0 bridgehead atoms. The highest BCUT2D eigenvalue weighted by atomic mass is 16.1. The molecule has 0 spiro atoms. The third-order valence-electron chi connectivity index (χ3n) is 3.32. The molecule has 0 atom stereocenters. The predicted octanol–water partition coefficient (Wildman–Crippen LogP) is 1.54. The van der Waals surface area contributed by atoms with Gasteiger partial charge in [-0.05, 0) is 37.9 Å². The van der Waals surface area contributed by atoms with Crippen molar-refractivity contribution in [1.82, 2.24) is 14.9 Å². The zero-order valence-corrected chi connectivity index (χ0v) is 10.3. The number of hydrogen-bond donors (Lipinski definition) is 1. The quantitative estimate of drug-likeness (QED) is 0.810. The third kappa shape index (κ3) is 2.43. The van der Waals surface area contributed by atoms with E-state index in [1.807, 2.05) is 28.8 Å². The number of nitrogens with zero attached hydrogens (tertiary/aromatic N) is 2. The highest BCUT2D eigenvalue weighted by Crippen LogP contribution is 2.18. The van der Waals surface area contributed by atoms with E-state index in [-0.39, 0.29) is 5.56 Å². The first-order valence-corrected chi connectivity index (χ1v) is 6.52. The molecule has 1 fully saturated rings. The van der Waals surface area contributed by atoms with Gasteiger partial charge in [-0.3, -0.25) is 4.79 Å². The first kappa shape index (κ1) is 11.4. The van der Waals surface area contributed by atoms with E-state index in [0.29, 0.717) is 0 Å². The van der Waals surface area contributed by atoms with Crippen molar-refractivity contribution in [3.8, 4) is 0 Å². The second-order valence-corrected chi connectivity index (χ2v) is 4.82. The van der Waals surface area contributed by atoms with Gasteiger partial charge in [0.25, 0.3) is 5.56 Å². The number of aromatic nitrogens is 2. The summed E-state index contributed by atoms with van der Waals surface area (Å²) in [6.45, 7) is 1.73. The van der Waals surface area contributed by atoms with Crippen molar-refractivity contribution in [2.45, 2.75) is 31.8 Å². The Kier molecular flexibility index (Phi) is 3.11. The van der Waals surface area contributed by atoms with Crippen LogP contribution >= 0.6 is 0 Å². The van der Waals surface area contributed by atoms with Crippen LogP contribution in [-0.2, 0) is 6.54 Å². The van der Waals surface area contributed by atoms with Gasteiger partial charge in [0, 0.05) is 12.6 Å². The lowest BCUT2D eigenvalue weighted by molar-refractivity contribution is 0.578. The van der Waals surface area contributed by atoms with Gasteiger partial charge in [0.1, 0.15) is 0 Å². The minimum Gasteiger partial charge on any atom is -0.314 e. The van der Waals surface area contributed by atoms with Crippen molar-refractivity contribution in [2.75, 3.05) is 6.54 Å². The second kappa shape index (κ2) is 4.90. The first-order valence-electron chi connectivity index (χ1n) is 6.52. The lowest BCUT2D eigenvalue weighted by Gasteiger charge is -2.09. The van der Waals surface area contributed by atoms with Crippen molar-refractivity contribution < 1.29 is 0 Å². The van der Waals surface area contributed by atoms with Crippen LogP contribution in [0, 0.1) is 0 Å². The average Bonchev–Trinajstić information content (AvgIpc) is 3.21. The Morgan fingerprint density at radius 3 is 3.00 bits per heavy atom. The number of nitrogens with one attached hydrogen (secondary N) is 1. The molecule has 1 heterocycles. The van der Waals surface area contributed by atoms with Gasteiger partial charge in [0.2, 0.25) is 0 Å². The highest BCUT2D eigenvalue weighted by Gasteiger charge is 2.19. The molecule has 94 valence electrons. The molecule has 1 aromatic carbocycles. The summed E-state index contributed by atoms with van der Waals surface area (Å²) in [6, 6.07) is 8.52. The summed E-state index contributed by atoms with van der Waals surface area (Å²) in [5.74, 6) is 0. The summed E-state index contributed by atoms with van der Waals surface area (Å²) in [6.07, 6.45) is 5.00. The number of rotatable bonds is 5. The second-order valence-electron chi connectivity index (χ2n) is 4.82. The van der Waals surface area contributed by atoms with E-state index in [1.165, 1.54) is 19.0 Å². The molecule has 1 aliphatic rings. The van der Waals surface area contributed by atoms with E-state index < -0.39 is 0 Å². The fourth-order valence-electron chi connectivity index (χ4n) is 2.18. The minimum atomic E-state index is -0.0138. The molecule has 1 N–H and O–H groups in total. The van der Waals surface area contributed by atoms with Crippen LogP contribution < -0.4 is 10.9 Å². The lowest BCUT2D eigenvalue weighted by atomic mass is 10.3. The fourth-order valence-corrected chi connectivity index (χ4v) is 2.18. The maximum Gasteiger partial charge on any atom is 0.269 e. The molecule has 1 saturated carbocycles. The molecule has 0 amide bonds. The lowest BCUT2D eigenvalue weighted by Crippen LogP contribution is -2.24. The maximum atomic E-state index is 11.9. The van der Waals surface area contributed by atoms with E-state index in [2.05, 4.69) is 10.3 Å². The van der Waals surface area contributed by atoms with Crippen molar-refractivity contribution in [2.24, 2.45) is 0 Å². The Bertz CT molecular complexity index is 601. The van der Waals surface area contributed by atoms with Gasteiger partial charge in [0.05, 0.1) is 17.2 Å². The van der Waals surface area contributed by atoms with Crippen LogP contribution in [0.25, 0.3) is 11.0 Å². The summed E-state index contributed by atoms with van der Waals surface area (Å²) in [7, 11) is 0. The van der Waals surface area contributed by atoms with Crippen LogP contribution in [0.3, 0.4) is 0 Å².